The van der Waals surface area contributed by atoms with Crippen LogP contribution in [0.3, 0.4) is 0 Å². The summed E-state index contributed by atoms with van der Waals surface area (Å²) in [7, 11) is 0. The molecule has 0 aliphatic heterocycles. The minimum absolute atomic E-state index is 0.0513. The van der Waals surface area contributed by atoms with Gasteiger partial charge in [-0.3, -0.25) is 9.59 Å². The van der Waals surface area contributed by atoms with E-state index in [-0.39, 0.29) is 5.91 Å². The van der Waals surface area contributed by atoms with E-state index in [0.717, 1.165) is 12.8 Å². The third-order valence-corrected chi connectivity index (χ3v) is 4.47. The SMILES string of the molecule is CCCCCCCCCCCCCC(=O)Nc1ccccc1C(N)=O. The standard InChI is InChI=1S/C21H34N2O2/c1-2-3-4-5-6-7-8-9-10-11-12-17-20(24)23-19-16-14-13-15-18(19)21(22)25/h13-16H,2-12,17H2,1H3,(H2,22,25)(H,23,24). The first-order valence-corrected chi connectivity index (χ1v) is 9.83. The van der Waals surface area contributed by atoms with Crippen LogP contribution in [0, 0.1) is 0 Å². The molecule has 1 aromatic carbocycles. The molecule has 0 aliphatic carbocycles. The number of carbonyl (C=O) groups excluding carboxylic acids is 2. The Morgan fingerprint density at radius 1 is 0.840 bits per heavy atom. The molecule has 4 nitrogen and oxygen atoms in total. The molecule has 3 N–H and O–H groups in total. The highest BCUT2D eigenvalue weighted by Crippen LogP contribution is 2.16. The lowest BCUT2D eigenvalue weighted by Gasteiger charge is -2.08. The molecule has 1 aromatic rings. The van der Waals surface area contributed by atoms with Gasteiger partial charge < -0.3 is 11.1 Å². The van der Waals surface area contributed by atoms with Crippen molar-refractivity contribution in [2.45, 2.75) is 84.0 Å². The number of amides is 2. The lowest BCUT2D eigenvalue weighted by Crippen LogP contribution is -2.17. The monoisotopic (exact) mass is 346 g/mol. The number of anilines is 1. The second-order valence-electron chi connectivity index (χ2n) is 6.74. The summed E-state index contributed by atoms with van der Waals surface area (Å²) >= 11 is 0. The minimum atomic E-state index is -0.523. The molecule has 140 valence electrons. The predicted octanol–water partition coefficient (Wildman–Crippen LogP) is 5.43. The zero-order valence-electron chi connectivity index (χ0n) is 15.7. The van der Waals surface area contributed by atoms with Gasteiger partial charge in [-0.05, 0) is 18.6 Å². The number of carbonyl (C=O) groups is 2. The van der Waals surface area contributed by atoms with Crippen LogP contribution < -0.4 is 11.1 Å². The summed E-state index contributed by atoms with van der Waals surface area (Å²) in [4.78, 5) is 23.3. The maximum atomic E-state index is 12.0. The first-order valence-electron chi connectivity index (χ1n) is 9.83. The number of primary amides is 1. The quantitative estimate of drug-likeness (QED) is 0.441. The third kappa shape index (κ3) is 9.90. The van der Waals surface area contributed by atoms with Gasteiger partial charge in [0.2, 0.25) is 5.91 Å². The normalized spacial score (nSPS) is 10.6. The second kappa shape index (κ2) is 13.5. The highest BCUT2D eigenvalue weighted by molar-refractivity contribution is 6.02. The molecule has 0 heterocycles. The Bertz CT molecular complexity index is 514. The fourth-order valence-electron chi connectivity index (χ4n) is 2.97. The van der Waals surface area contributed by atoms with Crippen molar-refractivity contribution >= 4 is 17.5 Å². The number of para-hydroxylation sites is 1. The van der Waals surface area contributed by atoms with Gasteiger partial charge in [-0.1, -0.05) is 83.3 Å². The smallest absolute Gasteiger partial charge is 0.250 e. The van der Waals surface area contributed by atoms with Crippen LogP contribution in [-0.2, 0) is 4.79 Å². The van der Waals surface area contributed by atoms with E-state index < -0.39 is 5.91 Å². The van der Waals surface area contributed by atoms with Crippen LogP contribution in [0.4, 0.5) is 5.69 Å². The summed E-state index contributed by atoms with van der Waals surface area (Å²) in [5.41, 5.74) is 6.17. The molecular formula is C21H34N2O2. The van der Waals surface area contributed by atoms with E-state index in [1.165, 1.54) is 57.8 Å². The second-order valence-corrected chi connectivity index (χ2v) is 6.74. The zero-order valence-corrected chi connectivity index (χ0v) is 15.7. The Balaban J connectivity index is 2.05. The average molecular weight is 347 g/mol. The van der Waals surface area contributed by atoms with Gasteiger partial charge in [0.1, 0.15) is 0 Å². The predicted molar refractivity (Wildman–Crippen MR) is 105 cm³/mol. The molecule has 0 saturated heterocycles. The van der Waals surface area contributed by atoms with Crippen molar-refractivity contribution in [1.29, 1.82) is 0 Å². The summed E-state index contributed by atoms with van der Waals surface area (Å²) in [6, 6.07) is 6.85. The van der Waals surface area contributed by atoms with E-state index in [9.17, 15) is 9.59 Å². The molecule has 0 unspecified atom stereocenters. The fourth-order valence-corrected chi connectivity index (χ4v) is 2.97. The lowest BCUT2D eigenvalue weighted by molar-refractivity contribution is -0.116. The summed E-state index contributed by atoms with van der Waals surface area (Å²) in [5.74, 6) is -0.574. The van der Waals surface area contributed by atoms with Gasteiger partial charge in [0, 0.05) is 6.42 Å². The Hall–Kier alpha value is -1.84. The molecule has 25 heavy (non-hydrogen) atoms. The van der Waals surface area contributed by atoms with E-state index in [1.807, 2.05) is 0 Å². The summed E-state index contributed by atoms with van der Waals surface area (Å²) in [6.45, 7) is 2.25. The summed E-state index contributed by atoms with van der Waals surface area (Å²) in [6.07, 6.45) is 14.4. The van der Waals surface area contributed by atoms with Crippen LogP contribution in [0.5, 0.6) is 0 Å². The number of benzene rings is 1. The molecule has 0 bridgehead atoms. The van der Waals surface area contributed by atoms with Crippen molar-refractivity contribution < 1.29 is 9.59 Å². The molecule has 0 radical (unpaired) electrons. The number of hydrogen-bond donors (Lipinski definition) is 2. The van der Waals surface area contributed by atoms with Crippen LogP contribution in [0.15, 0.2) is 24.3 Å². The molecule has 2 amide bonds. The number of rotatable bonds is 14. The van der Waals surface area contributed by atoms with E-state index in [1.54, 1.807) is 24.3 Å². The van der Waals surface area contributed by atoms with Crippen molar-refractivity contribution in [3.63, 3.8) is 0 Å². The van der Waals surface area contributed by atoms with E-state index >= 15 is 0 Å². The van der Waals surface area contributed by atoms with Crippen LogP contribution in [0.25, 0.3) is 0 Å². The number of hydrogen-bond acceptors (Lipinski definition) is 2. The molecule has 4 heteroatoms. The maximum absolute atomic E-state index is 12.0. The van der Waals surface area contributed by atoms with E-state index in [0.29, 0.717) is 17.7 Å². The van der Waals surface area contributed by atoms with Crippen LogP contribution in [0.1, 0.15) is 94.3 Å². The number of unbranched alkanes of at least 4 members (excludes halogenated alkanes) is 10. The minimum Gasteiger partial charge on any atom is -0.366 e. The summed E-state index contributed by atoms with van der Waals surface area (Å²) < 4.78 is 0. The lowest BCUT2D eigenvalue weighted by atomic mass is 10.1. The first kappa shape index (κ1) is 21.2. The van der Waals surface area contributed by atoms with Gasteiger partial charge in [0.25, 0.3) is 5.91 Å². The fraction of sp³-hybridized carbons (Fsp3) is 0.619. The van der Waals surface area contributed by atoms with Gasteiger partial charge in [-0.2, -0.15) is 0 Å². The first-order chi connectivity index (χ1) is 12.1. The summed E-state index contributed by atoms with van der Waals surface area (Å²) in [5, 5.41) is 2.79. The topological polar surface area (TPSA) is 72.2 Å². The van der Waals surface area contributed by atoms with Crippen molar-refractivity contribution in [1.82, 2.24) is 0 Å². The van der Waals surface area contributed by atoms with E-state index in [4.69, 9.17) is 5.73 Å². The van der Waals surface area contributed by atoms with Gasteiger partial charge >= 0.3 is 0 Å². The van der Waals surface area contributed by atoms with Gasteiger partial charge in [0.15, 0.2) is 0 Å². The molecular weight excluding hydrogens is 312 g/mol. The Morgan fingerprint density at radius 3 is 1.92 bits per heavy atom. The Labute approximate surface area is 152 Å². The molecule has 1 rings (SSSR count). The number of nitrogens with one attached hydrogen (secondary N) is 1. The molecule has 0 fully saturated rings. The van der Waals surface area contributed by atoms with Crippen molar-refractivity contribution in [3.8, 4) is 0 Å². The Morgan fingerprint density at radius 2 is 1.36 bits per heavy atom. The molecule has 0 spiro atoms. The largest absolute Gasteiger partial charge is 0.366 e. The third-order valence-electron chi connectivity index (χ3n) is 4.47. The zero-order chi connectivity index (χ0) is 18.3. The molecule has 0 aromatic heterocycles. The van der Waals surface area contributed by atoms with Gasteiger partial charge in [0.05, 0.1) is 11.3 Å². The number of nitrogens with two attached hydrogens (primary N) is 1. The molecule has 0 atom stereocenters. The molecule has 0 saturated carbocycles. The van der Waals surface area contributed by atoms with E-state index in [2.05, 4.69) is 12.2 Å². The highest BCUT2D eigenvalue weighted by Gasteiger charge is 2.09. The van der Waals surface area contributed by atoms with Gasteiger partial charge in [-0.15, -0.1) is 0 Å². The van der Waals surface area contributed by atoms with Gasteiger partial charge in [-0.25, -0.2) is 0 Å². The highest BCUT2D eigenvalue weighted by atomic mass is 16.2. The average Bonchev–Trinajstić information content (AvgIpc) is 2.60. The van der Waals surface area contributed by atoms with Crippen LogP contribution in [0.2, 0.25) is 0 Å². The maximum Gasteiger partial charge on any atom is 0.250 e. The Kier molecular flexibility index (Phi) is 11.4. The van der Waals surface area contributed by atoms with Crippen LogP contribution >= 0.6 is 0 Å². The van der Waals surface area contributed by atoms with Crippen LogP contribution in [-0.4, -0.2) is 11.8 Å². The van der Waals surface area contributed by atoms with Crippen molar-refractivity contribution in [3.05, 3.63) is 29.8 Å². The van der Waals surface area contributed by atoms with Crippen molar-refractivity contribution in [2.24, 2.45) is 5.73 Å². The van der Waals surface area contributed by atoms with Crippen molar-refractivity contribution in [2.75, 3.05) is 5.32 Å². The molecule has 0 aliphatic rings.